The molecule has 1 aliphatic carbocycles. The monoisotopic (exact) mass is 393 g/mol. The molecule has 1 fully saturated rings. The van der Waals surface area contributed by atoms with E-state index in [4.69, 9.17) is 4.98 Å². The molecule has 1 saturated carbocycles. The van der Waals surface area contributed by atoms with Crippen LogP contribution in [0.4, 0.5) is 0 Å². The molecule has 1 aliphatic heterocycles. The normalized spacial score (nSPS) is 23.6. The van der Waals surface area contributed by atoms with Gasteiger partial charge in [0.15, 0.2) is 0 Å². The Hall–Kier alpha value is -1.94. The largest absolute Gasteiger partial charge is 0.294 e. The van der Waals surface area contributed by atoms with Crippen LogP contribution in [0.25, 0.3) is 0 Å². The maximum absolute atomic E-state index is 13.6. The van der Waals surface area contributed by atoms with Crippen molar-refractivity contribution in [3.8, 4) is 0 Å². The third-order valence-electron chi connectivity index (χ3n) is 7.03. The van der Waals surface area contributed by atoms with Gasteiger partial charge < -0.3 is 0 Å². The number of aryl methyl sites for hydroxylation is 1. The van der Waals surface area contributed by atoms with Gasteiger partial charge in [-0.2, -0.15) is 0 Å². The lowest BCUT2D eigenvalue weighted by Crippen LogP contribution is -2.44. The van der Waals surface area contributed by atoms with Gasteiger partial charge in [-0.15, -0.1) is 0 Å². The fourth-order valence-electron chi connectivity index (χ4n) is 5.32. The summed E-state index contributed by atoms with van der Waals surface area (Å²) in [5.41, 5.74) is 3.37. The van der Waals surface area contributed by atoms with Crippen molar-refractivity contribution in [3.05, 3.63) is 63.3 Å². The number of benzene rings is 1. The summed E-state index contributed by atoms with van der Waals surface area (Å²) in [6, 6.07) is 11.2. The third kappa shape index (κ3) is 4.18. The zero-order valence-corrected chi connectivity index (χ0v) is 18.2. The molecule has 156 valence electrons. The van der Waals surface area contributed by atoms with Gasteiger partial charge in [-0.05, 0) is 56.9 Å². The Labute approximate surface area is 175 Å². The second-order valence-corrected chi connectivity index (χ2v) is 9.11. The minimum atomic E-state index is 0.0735. The van der Waals surface area contributed by atoms with E-state index in [1.54, 1.807) is 0 Å². The van der Waals surface area contributed by atoms with Crippen LogP contribution in [0.15, 0.2) is 35.1 Å². The van der Waals surface area contributed by atoms with E-state index < -0.39 is 0 Å². The summed E-state index contributed by atoms with van der Waals surface area (Å²) in [4.78, 5) is 21.1. The molecular formula is C25H35N3O. The highest BCUT2D eigenvalue weighted by Gasteiger charge is 2.30. The lowest BCUT2D eigenvalue weighted by Gasteiger charge is -2.38. The average molecular weight is 394 g/mol. The van der Waals surface area contributed by atoms with Crippen LogP contribution in [0.1, 0.15) is 81.1 Å². The smallest absolute Gasteiger partial charge is 0.257 e. The highest BCUT2D eigenvalue weighted by atomic mass is 16.1. The van der Waals surface area contributed by atoms with E-state index in [9.17, 15) is 4.79 Å². The minimum absolute atomic E-state index is 0.0735. The van der Waals surface area contributed by atoms with Crippen LogP contribution in [-0.2, 0) is 13.0 Å². The summed E-state index contributed by atoms with van der Waals surface area (Å²) >= 11 is 0. The number of aromatic nitrogens is 2. The molecule has 0 bridgehead atoms. The molecule has 4 rings (SSSR count). The first-order valence-corrected chi connectivity index (χ1v) is 11.5. The summed E-state index contributed by atoms with van der Waals surface area (Å²) in [6.45, 7) is 8.40. The van der Waals surface area contributed by atoms with Crippen LogP contribution in [0.2, 0.25) is 0 Å². The third-order valence-corrected chi connectivity index (χ3v) is 7.03. The van der Waals surface area contributed by atoms with Crippen molar-refractivity contribution < 1.29 is 0 Å². The van der Waals surface area contributed by atoms with Gasteiger partial charge in [0.1, 0.15) is 5.82 Å². The molecule has 0 N–H and O–H groups in total. The van der Waals surface area contributed by atoms with E-state index in [1.807, 2.05) is 17.6 Å². The number of hydrogen-bond acceptors (Lipinski definition) is 3. The highest BCUT2D eigenvalue weighted by molar-refractivity contribution is 5.26. The van der Waals surface area contributed by atoms with Gasteiger partial charge in [-0.1, -0.05) is 50.6 Å². The van der Waals surface area contributed by atoms with Gasteiger partial charge in [0.05, 0.1) is 11.7 Å². The molecule has 2 aliphatic rings. The predicted octanol–water partition coefficient (Wildman–Crippen LogP) is 4.88. The number of rotatable bonds is 5. The molecule has 0 saturated heterocycles. The summed E-state index contributed by atoms with van der Waals surface area (Å²) in [7, 11) is 0. The fraction of sp³-hybridized carbons (Fsp3) is 0.600. The van der Waals surface area contributed by atoms with Crippen LogP contribution in [0, 0.1) is 12.8 Å². The molecule has 4 nitrogen and oxygen atoms in total. The molecule has 0 amide bonds. The van der Waals surface area contributed by atoms with Crippen molar-refractivity contribution in [2.24, 2.45) is 5.92 Å². The Bertz CT molecular complexity index is 881. The Morgan fingerprint density at radius 2 is 1.86 bits per heavy atom. The highest BCUT2D eigenvalue weighted by Crippen LogP contribution is 2.30. The second-order valence-electron chi connectivity index (χ2n) is 9.11. The summed E-state index contributed by atoms with van der Waals surface area (Å²) in [5.74, 6) is 1.72. The Morgan fingerprint density at radius 3 is 2.55 bits per heavy atom. The first-order valence-electron chi connectivity index (χ1n) is 11.5. The Morgan fingerprint density at radius 1 is 1.14 bits per heavy atom. The molecule has 0 radical (unpaired) electrons. The average Bonchev–Trinajstić information content (AvgIpc) is 2.74. The van der Waals surface area contributed by atoms with Gasteiger partial charge in [-0.3, -0.25) is 14.3 Å². The predicted molar refractivity (Wildman–Crippen MR) is 118 cm³/mol. The first kappa shape index (κ1) is 20.3. The Kier molecular flexibility index (Phi) is 6.19. The van der Waals surface area contributed by atoms with Crippen LogP contribution in [-0.4, -0.2) is 27.0 Å². The van der Waals surface area contributed by atoms with E-state index in [1.165, 1.54) is 31.2 Å². The quantitative estimate of drug-likeness (QED) is 0.727. The summed E-state index contributed by atoms with van der Waals surface area (Å²) in [5, 5.41) is 0. The standard InChI is InChI=1S/C25H35N3O/c1-4-8-24(20-9-6-5-7-10-20)28-19(3)26-23-17-27(16-15-22(23)25(28)29)21-13-11-18(2)12-14-21/h5-7,9-10,18,21,24H,4,8,11-17H2,1-3H3. The van der Waals surface area contributed by atoms with Crippen LogP contribution in [0.3, 0.4) is 0 Å². The van der Waals surface area contributed by atoms with Gasteiger partial charge in [0.2, 0.25) is 0 Å². The lowest BCUT2D eigenvalue weighted by atomic mass is 9.86. The maximum Gasteiger partial charge on any atom is 0.257 e. The number of fused-ring (bicyclic) bond motifs is 1. The molecule has 2 aromatic rings. The van der Waals surface area contributed by atoms with Crippen molar-refractivity contribution in [3.63, 3.8) is 0 Å². The molecule has 1 unspecified atom stereocenters. The topological polar surface area (TPSA) is 38.1 Å². The van der Waals surface area contributed by atoms with Gasteiger partial charge in [0.25, 0.3) is 5.56 Å². The van der Waals surface area contributed by atoms with Crippen molar-refractivity contribution in [2.45, 2.75) is 84.3 Å². The van der Waals surface area contributed by atoms with E-state index in [0.717, 1.165) is 55.4 Å². The molecular weight excluding hydrogens is 358 g/mol. The maximum atomic E-state index is 13.6. The first-order chi connectivity index (χ1) is 14.1. The zero-order valence-electron chi connectivity index (χ0n) is 18.2. The van der Waals surface area contributed by atoms with Crippen LogP contribution >= 0.6 is 0 Å². The van der Waals surface area contributed by atoms with Gasteiger partial charge in [-0.25, -0.2) is 4.98 Å². The van der Waals surface area contributed by atoms with Crippen molar-refractivity contribution in [1.29, 1.82) is 0 Å². The van der Waals surface area contributed by atoms with Crippen LogP contribution < -0.4 is 5.56 Å². The lowest BCUT2D eigenvalue weighted by molar-refractivity contribution is 0.124. The summed E-state index contributed by atoms with van der Waals surface area (Å²) in [6.07, 6.45) is 8.07. The molecule has 1 atom stereocenters. The fourth-order valence-corrected chi connectivity index (χ4v) is 5.32. The van der Waals surface area contributed by atoms with E-state index in [2.05, 4.69) is 43.0 Å². The molecule has 29 heavy (non-hydrogen) atoms. The molecule has 4 heteroatoms. The molecule has 1 aromatic heterocycles. The van der Waals surface area contributed by atoms with E-state index in [-0.39, 0.29) is 11.6 Å². The molecule has 1 aromatic carbocycles. The molecule has 2 heterocycles. The van der Waals surface area contributed by atoms with Gasteiger partial charge in [0, 0.05) is 24.7 Å². The van der Waals surface area contributed by atoms with Crippen molar-refractivity contribution in [2.75, 3.05) is 6.54 Å². The zero-order chi connectivity index (χ0) is 20.4. The van der Waals surface area contributed by atoms with Gasteiger partial charge >= 0.3 is 0 Å². The van der Waals surface area contributed by atoms with Crippen LogP contribution in [0.5, 0.6) is 0 Å². The molecule has 0 spiro atoms. The second kappa shape index (κ2) is 8.83. The van der Waals surface area contributed by atoms with E-state index >= 15 is 0 Å². The summed E-state index contributed by atoms with van der Waals surface area (Å²) < 4.78 is 1.97. The Balaban J connectivity index is 1.64. The number of nitrogens with zero attached hydrogens (tertiary/aromatic N) is 3. The van der Waals surface area contributed by atoms with Crippen molar-refractivity contribution >= 4 is 0 Å². The van der Waals surface area contributed by atoms with E-state index in [0.29, 0.717) is 6.04 Å². The number of hydrogen-bond donors (Lipinski definition) is 0. The minimum Gasteiger partial charge on any atom is -0.294 e. The SMILES string of the molecule is CCCC(c1ccccc1)n1c(C)nc2c(c1=O)CCN(C1CCC(C)CC1)C2. The van der Waals surface area contributed by atoms with Crippen molar-refractivity contribution in [1.82, 2.24) is 14.5 Å².